The molecule has 1 aliphatic rings. The van der Waals surface area contributed by atoms with Crippen LogP contribution in [0.25, 0.3) is 10.4 Å². The zero-order valence-corrected chi connectivity index (χ0v) is 17.1. The lowest BCUT2D eigenvalue weighted by Gasteiger charge is -2.19. The highest BCUT2D eigenvalue weighted by molar-refractivity contribution is 7.47. The van der Waals surface area contributed by atoms with Crippen molar-refractivity contribution in [1.82, 2.24) is 14.5 Å². The topological polar surface area (TPSA) is 182 Å². The first kappa shape index (κ1) is 22.0. The van der Waals surface area contributed by atoms with Gasteiger partial charge in [-0.3, -0.25) is 23.8 Å². The van der Waals surface area contributed by atoms with Gasteiger partial charge in [-0.05, 0) is 24.6 Å². The number of ether oxygens (including phenoxy) is 1. The van der Waals surface area contributed by atoms with E-state index in [1.165, 1.54) is 31.5 Å². The Labute approximate surface area is 173 Å². The van der Waals surface area contributed by atoms with Crippen molar-refractivity contribution >= 4 is 19.4 Å². The van der Waals surface area contributed by atoms with Crippen molar-refractivity contribution in [3.63, 3.8) is 0 Å². The minimum absolute atomic E-state index is 0.0779. The monoisotopic (exact) mass is 458 g/mol. The van der Waals surface area contributed by atoms with Crippen LogP contribution in [0.1, 0.15) is 18.2 Å². The van der Waals surface area contributed by atoms with Crippen LogP contribution in [0.5, 0.6) is 5.75 Å². The fraction of sp³-hybridized carbons (Fsp3) is 0.400. The maximum absolute atomic E-state index is 12.2. The van der Waals surface area contributed by atoms with Crippen LogP contribution in [0.4, 0.5) is 0 Å². The number of aryl methyl sites for hydroxylation is 1. The second-order valence-corrected chi connectivity index (χ2v) is 8.00. The summed E-state index contributed by atoms with van der Waals surface area (Å²) in [6.07, 6.45) is 0.916. The van der Waals surface area contributed by atoms with Crippen LogP contribution >= 0.6 is 19.4 Å². The predicted molar refractivity (Wildman–Crippen MR) is 103 cm³/mol. The number of halogens is 1. The lowest BCUT2D eigenvalue weighted by atomic mass is 10.1. The molecule has 3 rings (SSSR count). The Hall–Kier alpha value is -2.66. The molecule has 1 saturated heterocycles. The number of aromatic amines is 1. The van der Waals surface area contributed by atoms with Crippen molar-refractivity contribution < 1.29 is 23.2 Å². The van der Waals surface area contributed by atoms with E-state index in [0.29, 0.717) is 0 Å². The Balaban J connectivity index is 1.73. The number of azide groups is 1. The normalized spacial score (nSPS) is 22.8. The van der Waals surface area contributed by atoms with Gasteiger partial charge >= 0.3 is 13.5 Å². The van der Waals surface area contributed by atoms with Crippen LogP contribution in [-0.2, 0) is 13.8 Å². The first-order valence-corrected chi connectivity index (χ1v) is 10.4. The average Bonchev–Trinajstić information content (AvgIpc) is 3.08. The minimum atomic E-state index is -4.61. The highest BCUT2D eigenvalue weighted by atomic mass is 35.5. The molecule has 1 fully saturated rings. The van der Waals surface area contributed by atoms with Gasteiger partial charge in [0.1, 0.15) is 6.23 Å². The molecule has 0 aromatic carbocycles. The van der Waals surface area contributed by atoms with Gasteiger partial charge in [-0.2, -0.15) is 0 Å². The summed E-state index contributed by atoms with van der Waals surface area (Å²) in [6, 6.07) is 1.98. The summed E-state index contributed by atoms with van der Waals surface area (Å²) >= 11 is 5.79. The van der Waals surface area contributed by atoms with E-state index < -0.39 is 44.1 Å². The minimum Gasteiger partial charge on any atom is -0.401 e. The smallest absolute Gasteiger partial charge is 0.401 e. The van der Waals surface area contributed by atoms with E-state index in [1.807, 2.05) is 0 Å². The van der Waals surface area contributed by atoms with Crippen LogP contribution in [-0.4, -0.2) is 38.2 Å². The quantitative estimate of drug-likeness (QED) is 0.208. The van der Waals surface area contributed by atoms with Crippen LogP contribution < -0.4 is 15.8 Å². The largest absolute Gasteiger partial charge is 0.527 e. The molecule has 160 valence electrons. The van der Waals surface area contributed by atoms with Gasteiger partial charge in [-0.15, -0.1) is 0 Å². The number of rotatable bonds is 7. The fourth-order valence-electron chi connectivity index (χ4n) is 2.78. The second-order valence-electron chi connectivity index (χ2n) is 6.26. The van der Waals surface area contributed by atoms with Crippen LogP contribution in [0, 0.1) is 6.92 Å². The summed E-state index contributed by atoms with van der Waals surface area (Å²) in [5, 5.41) is 3.46. The van der Waals surface area contributed by atoms with E-state index in [4.69, 9.17) is 30.9 Å². The summed E-state index contributed by atoms with van der Waals surface area (Å²) in [4.78, 5) is 42.1. The lowest BCUT2D eigenvalue weighted by Crippen LogP contribution is -2.33. The number of hydrogen-bond acceptors (Lipinski definition) is 8. The number of aromatic nitrogens is 3. The maximum Gasteiger partial charge on any atom is 0.527 e. The first-order chi connectivity index (χ1) is 14.2. The third kappa shape index (κ3) is 5.08. The van der Waals surface area contributed by atoms with Gasteiger partial charge < -0.3 is 9.26 Å². The number of nitrogens with one attached hydrogen (secondary N) is 1. The molecule has 3 heterocycles. The summed E-state index contributed by atoms with van der Waals surface area (Å²) in [6.45, 7) is 1.03. The Bertz CT molecular complexity index is 1150. The van der Waals surface area contributed by atoms with E-state index >= 15 is 0 Å². The summed E-state index contributed by atoms with van der Waals surface area (Å²) in [5.74, 6) is -0.155. The third-order valence-electron chi connectivity index (χ3n) is 4.20. The number of phosphoric ester groups is 1. The number of H-pyrrole nitrogens is 1. The molecule has 0 saturated carbocycles. The average molecular weight is 459 g/mol. The molecule has 13 nitrogen and oxygen atoms in total. The first-order valence-electron chi connectivity index (χ1n) is 8.49. The SMILES string of the molecule is Cc1cn([C@H]2C[C@H](N=[N+]=[N-])[C@@H](COP(=O)(O)Oc3cccnc3Cl)O2)c(=O)[nH]c1=O. The van der Waals surface area contributed by atoms with Crippen LogP contribution in [0.2, 0.25) is 5.15 Å². The zero-order chi connectivity index (χ0) is 21.9. The fourth-order valence-corrected chi connectivity index (χ4v) is 3.78. The summed E-state index contributed by atoms with van der Waals surface area (Å²) < 4.78 is 28.9. The van der Waals surface area contributed by atoms with Crippen LogP contribution in [0.15, 0.2) is 39.2 Å². The highest BCUT2D eigenvalue weighted by Gasteiger charge is 2.38. The summed E-state index contributed by atoms with van der Waals surface area (Å²) in [5.41, 5.74) is 7.82. The number of hydrogen-bond donors (Lipinski definition) is 2. The Kier molecular flexibility index (Phi) is 6.61. The third-order valence-corrected chi connectivity index (χ3v) is 5.39. The van der Waals surface area contributed by atoms with Gasteiger partial charge in [0.05, 0.1) is 18.8 Å². The highest BCUT2D eigenvalue weighted by Crippen LogP contribution is 2.46. The van der Waals surface area contributed by atoms with E-state index in [9.17, 15) is 19.0 Å². The van der Waals surface area contributed by atoms with Crippen LogP contribution in [0.3, 0.4) is 0 Å². The maximum atomic E-state index is 12.2. The van der Waals surface area contributed by atoms with Gasteiger partial charge in [0.25, 0.3) is 5.56 Å². The molecule has 2 aromatic heterocycles. The molecule has 0 aliphatic carbocycles. The Morgan fingerprint density at radius 3 is 3.03 bits per heavy atom. The lowest BCUT2D eigenvalue weighted by molar-refractivity contribution is -0.0264. The zero-order valence-electron chi connectivity index (χ0n) is 15.4. The van der Waals surface area contributed by atoms with Crippen molar-refractivity contribution in [3.05, 3.63) is 66.5 Å². The van der Waals surface area contributed by atoms with Crippen molar-refractivity contribution in [2.75, 3.05) is 6.61 Å². The molecule has 0 bridgehead atoms. The molecule has 15 heteroatoms. The van der Waals surface area contributed by atoms with Gasteiger partial charge in [0.15, 0.2) is 10.9 Å². The molecule has 1 unspecified atom stereocenters. The molecule has 2 N–H and O–H groups in total. The van der Waals surface area contributed by atoms with Gasteiger partial charge in [-0.1, -0.05) is 16.7 Å². The number of pyridine rings is 1. The van der Waals surface area contributed by atoms with Gasteiger partial charge in [0, 0.05) is 29.3 Å². The van der Waals surface area contributed by atoms with E-state index in [2.05, 4.69) is 20.0 Å². The number of phosphoric acid groups is 1. The predicted octanol–water partition coefficient (Wildman–Crippen LogP) is 2.06. The van der Waals surface area contributed by atoms with Gasteiger partial charge in [0.2, 0.25) is 0 Å². The molecular weight excluding hydrogens is 443 g/mol. The second kappa shape index (κ2) is 9.00. The summed E-state index contributed by atoms with van der Waals surface area (Å²) in [7, 11) is -4.61. The number of nitrogens with zero attached hydrogens (tertiary/aromatic N) is 5. The molecule has 0 spiro atoms. The molecule has 2 aromatic rings. The Morgan fingerprint density at radius 2 is 2.33 bits per heavy atom. The molecule has 0 amide bonds. The molecule has 30 heavy (non-hydrogen) atoms. The van der Waals surface area contributed by atoms with Gasteiger partial charge in [-0.25, -0.2) is 14.3 Å². The standard InChI is InChI=1S/C15H16ClN6O7P/c1-8-6-22(15(24)19-14(8)23)12-5-9(20-21-17)11(28-12)7-27-30(25,26)29-10-3-2-4-18-13(10)16/h2-4,6,9,11-12H,5,7H2,1H3,(H,25,26)(H,19,23,24)/t9-,11+,12+/m0/s1. The van der Waals surface area contributed by atoms with E-state index in [1.54, 1.807) is 0 Å². The molecule has 0 radical (unpaired) electrons. The van der Waals surface area contributed by atoms with Crippen molar-refractivity contribution in [2.45, 2.75) is 31.7 Å². The van der Waals surface area contributed by atoms with Crippen molar-refractivity contribution in [3.8, 4) is 5.75 Å². The van der Waals surface area contributed by atoms with E-state index in [0.717, 1.165) is 4.57 Å². The Morgan fingerprint density at radius 1 is 1.57 bits per heavy atom. The molecule has 1 aliphatic heterocycles. The van der Waals surface area contributed by atoms with Crippen molar-refractivity contribution in [2.24, 2.45) is 5.11 Å². The van der Waals surface area contributed by atoms with E-state index in [-0.39, 0.29) is 22.9 Å². The van der Waals surface area contributed by atoms with Crippen molar-refractivity contribution in [1.29, 1.82) is 0 Å². The molecule has 4 atom stereocenters. The molecular formula is C15H16ClN6O7P.